The van der Waals surface area contributed by atoms with Crippen LogP contribution in [0, 0.1) is 16.8 Å². The summed E-state index contributed by atoms with van der Waals surface area (Å²) in [4.78, 5) is 16.4. The van der Waals surface area contributed by atoms with Gasteiger partial charge in [-0.3, -0.25) is 10.1 Å². The predicted octanol–water partition coefficient (Wildman–Crippen LogP) is 5.40. The number of nitrogens with zero attached hydrogens (tertiary/aromatic N) is 1. The molecule has 1 N–H and O–H groups in total. The number of carbonyl (C=O) groups is 1. The van der Waals surface area contributed by atoms with Crippen LogP contribution in [0.1, 0.15) is 28.4 Å². The standard InChI is InChI=1S/C22H19F3N2O3S/c1-13(12-29-2)30-18-8-14(3-4-15-5-6-17(23)10-19(15)24)7-16(9-18)21(28)27-22-26-11-20(25)31-22/h3-11,13H,12H2,1-2H3,(H,26,27,28)/b4-3+/t13-/m0/s1. The van der Waals surface area contributed by atoms with E-state index in [1.807, 2.05) is 0 Å². The zero-order valence-electron chi connectivity index (χ0n) is 16.7. The molecule has 5 nitrogen and oxygen atoms in total. The zero-order valence-corrected chi connectivity index (χ0v) is 17.5. The molecule has 1 aromatic heterocycles. The van der Waals surface area contributed by atoms with Gasteiger partial charge in [-0.25, -0.2) is 13.8 Å². The predicted molar refractivity (Wildman–Crippen MR) is 114 cm³/mol. The summed E-state index contributed by atoms with van der Waals surface area (Å²) in [5.41, 5.74) is 0.961. The highest BCUT2D eigenvalue weighted by molar-refractivity contribution is 7.14. The van der Waals surface area contributed by atoms with Crippen molar-refractivity contribution in [1.82, 2.24) is 4.98 Å². The first-order valence-electron chi connectivity index (χ1n) is 9.20. The minimum absolute atomic E-state index is 0.118. The maximum Gasteiger partial charge on any atom is 0.257 e. The molecule has 0 aliphatic carbocycles. The largest absolute Gasteiger partial charge is 0.488 e. The van der Waals surface area contributed by atoms with Gasteiger partial charge in [0.15, 0.2) is 10.3 Å². The summed E-state index contributed by atoms with van der Waals surface area (Å²) in [7, 11) is 1.54. The molecule has 0 bridgehead atoms. The first-order valence-corrected chi connectivity index (χ1v) is 10.0. The van der Waals surface area contributed by atoms with Gasteiger partial charge in [-0.05, 0) is 42.8 Å². The molecule has 0 radical (unpaired) electrons. The summed E-state index contributed by atoms with van der Waals surface area (Å²) in [6, 6.07) is 8.02. The Labute approximate surface area is 181 Å². The number of rotatable bonds is 8. The average Bonchev–Trinajstić information content (AvgIpc) is 3.12. The van der Waals surface area contributed by atoms with Crippen molar-refractivity contribution in [1.29, 1.82) is 0 Å². The van der Waals surface area contributed by atoms with Gasteiger partial charge in [0.05, 0.1) is 12.8 Å². The van der Waals surface area contributed by atoms with Crippen molar-refractivity contribution in [3.8, 4) is 5.75 Å². The van der Waals surface area contributed by atoms with Gasteiger partial charge in [0.1, 0.15) is 23.5 Å². The van der Waals surface area contributed by atoms with Crippen molar-refractivity contribution >= 4 is 34.5 Å². The molecule has 0 aliphatic rings. The van der Waals surface area contributed by atoms with Gasteiger partial charge in [-0.15, -0.1) is 0 Å². The molecule has 0 saturated heterocycles. The third-order valence-corrected chi connectivity index (χ3v) is 4.75. The van der Waals surface area contributed by atoms with Gasteiger partial charge in [-0.2, -0.15) is 4.39 Å². The average molecular weight is 448 g/mol. The Balaban J connectivity index is 1.90. The lowest BCUT2D eigenvalue weighted by Crippen LogP contribution is -2.18. The molecule has 1 atom stereocenters. The van der Waals surface area contributed by atoms with E-state index < -0.39 is 22.7 Å². The molecule has 31 heavy (non-hydrogen) atoms. The minimum atomic E-state index is -0.707. The van der Waals surface area contributed by atoms with Crippen LogP contribution in [0.15, 0.2) is 42.6 Å². The Morgan fingerprint density at radius 1 is 1.19 bits per heavy atom. The number of aromatic nitrogens is 1. The summed E-state index contributed by atoms with van der Waals surface area (Å²) >= 11 is 0.703. The minimum Gasteiger partial charge on any atom is -0.488 e. The van der Waals surface area contributed by atoms with Crippen molar-refractivity contribution in [2.75, 3.05) is 19.0 Å². The van der Waals surface area contributed by atoms with E-state index in [4.69, 9.17) is 9.47 Å². The second kappa shape index (κ2) is 10.2. The Morgan fingerprint density at radius 2 is 2.00 bits per heavy atom. The SMILES string of the molecule is COC[C@H](C)Oc1cc(/C=C/c2ccc(F)cc2F)cc(C(=O)Nc2ncc(F)s2)c1. The lowest BCUT2D eigenvalue weighted by molar-refractivity contribution is 0.0917. The van der Waals surface area contributed by atoms with Crippen LogP contribution in [0.25, 0.3) is 12.2 Å². The van der Waals surface area contributed by atoms with Crippen LogP contribution in [0.2, 0.25) is 0 Å². The fourth-order valence-corrected chi connectivity index (χ4v) is 3.26. The quantitative estimate of drug-likeness (QED) is 0.469. The number of hydrogen-bond donors (Lipinski definition) is 1. The zero-order chi connectivity index (χ0) is 22.4. The number of nitrogens with one attached hydrogen (secondary N) is 1. The topological polar surface area (TPSA) is 60.5 Å². The molecule has 3 rings (SSSR count). The molecule has 0 unspecified atom stereocenters. The molecular formula is C22H19F3N2O3S. The highest BCUT2D eigenvalue weighted by atomic mass is 32.1. The van der Waals surface area contributed by atoms with Crippen molar-refractivity contribution in [2.24, 2.45) is 0 Å². The maximum atomic E-state index is 13.9. The van der Waals surface area contributed by atoms with Crippen LogP contribution in [-0.4, -0.2) is 30.7 Å². The van der Waals surface area contributed by atoms with E-state index in [0.717, 1.165) is 18.3 Å². The van der Waals surface area contributed by atoms with Crippen molar-refractivity contribution in [2.45, 2.75) is 13.0 Å². The lowest BCUT2D eigenvalue weighted by atomic mass is 10.1. The monoisotopic (exact) mass is 448 g/mol. The Kier molecular flexibility index (Phi) is 7.43. The second-order valence-corrected chi connectivity index (χ2v) is 7.58. The number of anilines is 1. The summed E-state index contributed by atoms with van der Waals surface area (Å²) in [6.45, 7) is 2.14. The molecule has 3 aromatic rings. The molecule has 2 aromatic carbocycles. The highest BCUT2D eigenvalue weighted by Gasteiger charge is 2.13. The fraction of sp³-hybridized carbons (Fsp3) is 0.182. The van der Waals surface area contributed by atoms with Crippen LogP contribution < -0.4 is 10.1 Å². The molecule has 0 spiro atoms. The van der Waals surface area contributed by atoms with E-state index in [1.165, 1.54) is 18.2 Å². The third-order valence-electron chi connectivity index (χ3n) is 4.05. The molecule has 0 saturated carbocycles. The fourth-order valence-electron chi connectivity index (χ4n) is 2.72. The summed E-state index contributed by atoms with van der Waals surface area (Å²) in [5.74, 6) is -1.50. The van der Waals surface area contributed by atoms with Gasteiger partial charge in [-0.1, -0.05) is 23.5 Å². The Hall–Kier alpha value is -3.17. The molecule has 0 fully saturated rings. The van der Waals surface area contributed by atoms with Crippen LogP contribution >= 0.6 is 11.3 Å². The van der Waals surface area contributed by atoms with Gasteiger partial charge in [0, 0.05) is 24.3 Å². The Bertz CT molecular complexity index is 1100. The third kappa shape index (κ3) is 6.40. The molecule has 1 heterocycles. The van der Waals surface area contributed by atoms with Gasteiger partial charge >= 0.3 is 0 Å². The molecule has 9 heteroatoms. The number of amides is 1. The van der Waals surface area contributed by atoms with E-state index >= 15 is 0 Å². The summed E-state index contributed by atoms with van der Waals surface area (Å²) in [6.07, 6.45) is 3.76. The Morgan fingerprint density at radius 3 is 2.68 bits per heavy atom. The van der Waals surface area contributed by atoms with Crippen molar-refractivity contribution in [3.05, 3.63) is 76.1 Å². The van der Waals surface area contributed by atoms with E-state index in [9.17, 15) is 18.0 Å². The second-order valence-electron chi connectivity index (χ2n) is 6.60. The summed E-state index contributed by atoms with van der Waals surface area (Å²) < 4.78 is 51.0. The number of methoxy groups -OCH3 is 1. The van der Waals surface area contributed by atoms with Crippen LogP contribution in [0.5, 0.6) is 5.75 Å². The normalized spacial score (nSPS) is 12.2. The van der Waals surface area contributed by atoms with Gasteiger partial charge in [0.2, 0.25) is 0 Å². The van der Waals surface area contributed by atoms with Gasteiger partial charge < -0.3 is 9.47 Å². The van der Waals surface area contributed by atoms with Crippen LogP contribution in [0.4, 0.5) is 18.3 Å². The first kappa shape index (κ1) is 22.5. The molecular weight excluding hydrogens is 429 g/mol. The number of ether oxygens (including phenoxy) is 2. The van der Waals surface area contributed by atoms with E-state index in [2.05, 4.69) is 10.3 Å². The van der Waals surface area contributed by atoms with E-state index in [0.29, 0.717) is 29.3 Å². The van der Waals surface area contributed by atoms with Crippen LogP contribution in [0.3, 0.4) is 0 Å². The highest BCUT2D eigenvalue weighted by Crippen LogP contribution is 2.23. The van der Waals surface area contributed by atoms with Crippen LogP contribution in [-0.2, 0) is 4.74 Å². The first-order chi connectivity index (χ1) is 14.8. The van der Waals surface area contributed by atoms with Gasteiger partial charge in [0.25, 0.3) is 5.91 Å². The number of benzene rings is 2. The molecule has 0 aliphatic heterocycles. The van der Waals surface area contributed by atoms with E-state index in [-0.39, 0.29) is 22.4 Å². The number of hydrogen-bond acceptors (Lipinski definition) is 5. The lowest BCUT2D eigenvalue weighted by Gasteiger charge is -2.15. The molecule has 1 amide bonds. The van der Waals surface area contributed by atoms with E-state index in [1.54, 1.807) is 32.2 Å². The maximum absolute atomic E-state index is 13.9. The van der Waals surface area contributed by atoms with Crippen molar-refractivity contribution in [3.63, 3.8) is 0 Å². The smallest absolute Gasteiger partial charge is 0.257 e. The van der Waals surface area contributed by atoms with Crippen molar-refractivity contribution < 1.29 is 27.4 Å². The number of halogens is 3. The molecule has 162 valence electrons. The summed E-state index contributed by atoms with van der Waals surface area (Å²) in [5, 5.41) is 2.12. The number of thiazole rings is 1. The number of carbonyl (C=O) groups excluding carboxylic acids is 1.